The van der Waals surface area contributed by atoms with Gasteiger partial charge in [0.15, 0.2) is 0 Å². The lowest BCUT2D eigenvalue weighted by Gasteiger charge is -2.23. The summed E-state index contributed by atoms with van der Waals surface area (Å²) in [6, 6.07) is 9.40. The zero-order valence-corrected chi connectivity index (χ0v) is 17.3. The highest BCUT2D eigenvalue weighted by molar-refractivity contribution is 5.85. The van der Waals surface area contributed by atoms with Crippen molar-refractivity contribution in [1.29, 1.82) is 0 Å². The lowest BCUT2D eigenvalue weighted by molar-refractivity contribution is -0.125. The molecule has 2 fully saturated rings. The van der Waals surface area contributed by atoms with Crippen molar-refractivity contribution < 1.29 is 14.4 Å². The number of nitrogens with one attached hydrogen (secondary N) is 3. The van der Waals surface area contributed by atoms with Crippen molar-refractivity contribution in [3.8, 4) is 0 Å². The Bertz CT molecular complexity index is 722. The number of benzene rings is 1. The summed E-state index contributed by atoms with van der Waals surface area (Å²) in [7, 11) is 0. The quantitative estimate of drug-likeness (QED) is 0.681. The molecule has 1 saturated carbocycles. The molecule has 0 spiro atoms. The fourth-order valence-electron chi connectivity index (χ4n) is 4.16. The molecule has 0 aromatic heterocycles. The molecule has 0 bridgehead atoms. The predicted molar refractivity (Wildman–Crippen MR) is 111 cm³/mol. The summed E-state index contributed by atoms with van der Waals surface area (Å²) in [4.78, 5) is 39.0. The van der Waals surface area contributed by atoms with Gasteiger partial charge in [-0.05, 0) is 36.7 Å². The molecule has 4 amide bonds. The lowest BCUT2D eigenvalue weighted by Crippen LogP contribution is -2.44. The van der Waals surface area contributed by atoms with Crippen LogP contribution in [0.25, 0.3) is 0 Å². The molecule has 1 aliphatic heterocycles. The maximum atomic E-state index is 12.6. The number of urea groups is 1. The number of carbonyl (C=O) groups is 3. The van der Waals surface area contributed by atoms with Crippen molar-refractivity contribution in [2.45, 2.75) is 45.7 Å². The average molecular weight is 401 g/mol. The Morgan fingerprint density at radius 1 is 1.17 bits per heavy atom. The Labute approximate surface area is 172 Å². The van der Waals surface area contributed by atoms with Gasteiger partial charge in [0.25, 0.3) is 0 Å². The average Bonchev–Trinajstić information content (AvgIpc) is 3.01. The third-order valence-electron chi connectivity index (χ3n) is 5.80. The summed E-state index contributed by atoms with van der Waals surface area (Å²) in [5, 5.41) is 8.94. The van der Waals surface area contributed by atoms with E-state index in [1.54, 1.807) is 4.90 Å². The topological polar surface area (TPSA) is 90.5 Å². The van der Waals surface area contributed by atoms with E-state index in [2.05, 4.69) is 29.8 Å². The lowest BCUT2D eigenvalue weighted by atomic mass is 10.0. The Hall–Kier alpha value is -2.57. The molecule has 158 valence electrons. The van der Waals surface area contributed by atoms with Gasteiger partial charge in [-0.3, -0.25) is 9.59 Å². The molecular weight excluding hydrogens is 368 g/mol. The van der Waals surface area contributed by atoms with Crippen molar-refractivity contribution in [3.63, 3.8) is 0 Å². The van der Waals surface area contributed by atoms with Crippen LogP contribution < -0.4 is 16.0 Å². The number of fused-ring (bicyclic) bond motifs is 1. The van der Waals surface area contributed by atoms with E-state index in [0.717, 1.165) is 12.0 Å². The van der Waals surface area contributed by atoms with Crippen molar-refractivity contribution in [2.24, 2.45) is 17.8 Å². The highest BCUT2D eigenvalue weighted by Crippen LogP contribution is 2.33. The van der Waals surface area contributed by atoms with Crippen LogP contribution in [0.1, 0.15) is 38.7 Å². The van der Waals surface area contributed by atoms with E-state index in [1.165, 1.54) is 0 Å². The molecule has 3 N–H and O–H groups in total. The molecular formula is C22H32N4O3. The Morgan fingerprint density at radius 3 is 2.66 bits per heavy atom. The molecule has 7 nitrogen and oxygen atoms in total. The van der Waals surface area contributed by atoms with E-state index in [1.807, 2.05) is 30.3 Å². The summed E-state index contributed by atoms with van der Waals surface area (Å²) in [6.45, 7) is 5.91. The SMILES string of the molecule is CC(C)CCNC(=O)[C@H]1C[C@@H]2CN(C(=O)NCc3ccccc3)CC(=O)N[C@@H]2C1. The van der Waals surface area contributed by atoms with Crippen LogP contribution in [0.5, 0.6) is 0 Å². The summed E-state index contributed by atoms with van der Waals surface area (Å²) in [6.07, 6.45) is 2.29. The van der Waals surface area contributed by atoms with Crippen LogP contribution in [0.2, 0.25) is 0 Å². The second-order valence-electron chi connectivity index (χ2n) is 8.60. The van der Waals surface area contributed by atoms with E-state index >= 15 is 0 Å². The van der Waals surface area contributed by atoms with Crippen molar-refractivity contribution in [3.05, 3.63) is 35.9 Å². The van der Waals surface area contributed by atoms with E-state index in [-0.39, 0.29) is 42.3 Å². The van der Waals surface area contributed by atoms with Gasteiger partial charge in [0.1, 0.15) is 6.54 Å². The molecule has 1 aromatic rings. The molecule has 1 saturated heterocycles. The third kappa shape index (κ3) is 5.95. The van der Waals surface area contributed by atoms with Gasteiger partial charge in [0.05, 0.1) is 0 Å². The maximum Gasteiger partial charge on any atom is 0.318 e. The van der Waals surface area contributed by atoms with Crippen LogP contribution in [-0.4, -0.2) is 48.4 Å². The zero-order chi connectivity index (χ0) is 20.8. The molecule has 1 aliphatic carbocycles. The largest absolute Gasteiger partial charge is 0.356 e. The minimum absolute atomic E-state index is 0.0460. The highest BCUT2D eigenvalue weighted by atomic mass is 16.2. The summed E-state index contributed by atoms with van der Waals surface area (Å²) < 4.78 is 0. The van der Waals surface area contributed by atoms with Gasteiger partial charge in [-0.25, -0.2) is 4.79 Å². The summed E-state index contributed by atoms with van der Waals surface area (Å²) >= 11 is 0. The second-order valence-corrected chi connectivity index (χ2v) is 8.60. The first kappa shape index (κ1) is 21.1. The Balaban J connectivity index is 1.54. The van der Waals surface area contributed by atoms with Crippen molar-refractivity contribution in [2.75, 3.05) is 19.6 Å². The van der Waals surface area contributed by atoms with Gasteiger partial charge in [-0.15, -0.1) is 0 Å². The molecule has 3 atom stereocenters. The van der Waals surface area contributed by atoms with Gasteiger partial charge in [-0.1, -0.05) is 44.2 Å². The van der Waals surface area contributed by atoms with Gasteiger partial charge in [0.2, 0.25) is 11.8 Å². The summed E-state index contributed by atoms with van der Waals surface area (Å²) in [5.41, 5.74) is 1.01. The van der Waals surface area contributed by atoms with Crippen LogP contribution in [-0.2, 0) is 16.1 Å². The summed E-state index contributed by atoms with van der Waals surface area (Å²) in [5.74, 6) is 0.447. The minimum atomic E-state index is -0.241. The highest BCUT2D eigenvalue weighted by Gasteiger charge is 2.42. The van der Waals surface area contributed by atoms with Crippen LogP contribution in [0.4, 0.5) is 4.79 Å². The smallest absolute Gasteiger partial charge is 0.318 e. The van der Waals surface area contributed by atoms with E-state index < -0.39 is 0 Å². The normalized spacial score (nSPS) is 23.9. The van der Waals surface area contributed by atoms with E-state index in [4.69, 9.17) is 0 Å². The molecule has 2 aliphatic rings. The first-order chi connectivity index (χ1) is 13.9. The molecule has 3 rings (SSSR count). The minimum Gasteiger partial charge on any atom is -0.356 e. The molecule has 1 aromatic carbocycles. The molecule has 0 radical (unpaired) electrons. The molecule has 7 heteroatoms. The van der Waals surface area contributed by atoms with Crippen LogP contribution in [0.15, 0.2) is 30.3 Å². The number of nitrogens with zero attached hydrogens (tertiary/aromatic N) is 1. The van der Waals surface area contributed by atoms with Gasteiger partial charge in [0, 0.05) is 31.6 Å². The number of hydrogen-bond acceptors (Lipinski definition) is 3. The number of hydrogen-bond donors (Lipinski definition) is 3. The number of amides is 4. The Kier molecular flexibility index (Phi) is 7.12. The molecule has 0 unspecified atom stereocenters. The molecule has 1 heterocycles. The maximum absolute atomic E-state index is 12.6. The first-order valence-electron chi connectivity index (χ1n) is 10.6. The van der Waals surface area contributed by atoms with Crippen LogP contribution in [0.3, 0.4) is 0 Å². The number of rotatable bonds is 6. The van der Waals surface area contributed by atoms with Gasteiger partial charge < -0.3 is 20.9 Å². The van der Waals surface area contributed by atoms with E-state index in [9.17, 15) is 14.4 Å². The standard InChI is InChI=1S/C22H32N4O3/c1-15(2)8-9-23-21(28)17-10-18-13-26(14-20(27)25-19(18)11-17)22(29)24-12-16-6-4-3-5-7-16/h3-7,15,17-19H,8-14H2,1-2H3,(H,23,28)(H,24,29)(H,25,27)/t17-,18+,19+/m0/s1. The van der Waals surface area contributed by atoms with Gasteiger partial charge >= 0.3 is 6.03 Å². The molecule has 29 heavy (non-hydrogen) atoms. The fourth-order valence-corrected chi connectivity index (χ4v) is 4.16. The monoisotopic (exact) mass is 400 g/mol. The van der Waals surface area contributed by atoms with Crippen LogP contribution >= 0.6 is 0 Å². The second kappa shape index (κ2) is 9.76. The number of carbonyl (C=O) groups excluding carboxylic acids is 3. The van der Waals surface area contributed by atoms with Crippen molar-refractivity contribution >= 4 is 17.8 Å². The first-order valence-corrected chi connectivity index (χ1v) is 10.6. The third-order valence-corrected chi connectivity index (χ3v) is 5.80. The Morgan fingerprint density at radius 2 is 1.93 bits per heavy atom. The predicted octanol–water partition coefficient (Wildman–Crippen LogP) is 1.89. The van der Waals surface area contributed by atoms with E-state index in [0.29, 0.717) is 38.4 Å². The van der Waals surface area contributed by atoms with Crippen LogP contribution in [0, 0.1) is 17.8 Å². The van der Waals surface area contributed by atoms with Crippen molar-refractivity contribution in [1.82, 2.24) is 20.9 Å². The fraction of sp³-hybridized carbons (Fsp3) is 0.591. The van der Waals surface area contributed by atoms with Gasteiger partial charge in [-0.2, -0.15) is 0 Å². The zero-order valence-electron chi connectivity index (χ0n) is 17.3.